The van der Waals surface area contributed by atoms with E-state index in [-0.39, 0.29) is 12.5 Å². The fourth-order valence-electron chi connectivity index (χ4n) is 1.12. The third-order valence-corrected chi connectivity index (χ3v) is 2.06. The zero-order valence-corrected chi connectivity index (χ0v) is 10.3. The van der Waals surface area contributed by atoms with Crippen molar-refractivity contribution in [2.75, 3.05) is 33.4 Å². The molecule has 0 heterocycles. The molecule has 3 N–H and O–H groups in total. The quantitative estimate of drug-likeness (QED) is 0.385. The SMILES string of the molecule is CCC(=CCNCC(=O)NCCOC)C(=O)O. The summed E-state index contributed by atoms with van der Waals surface area (Å²) in [4.78, 5) is 21.8. The molecule has 17 heavy (non-hydrogen) atoms. The van der Waals surface area contributed by atoms with Gasteiger partial charge in [0.25, 0.3) is 0 Å². The van der Waals surface area contributed by atoms with Gasteiger partial charge in [0.2, 0.25) is 5.91 Å². The number of carbonyl (C=O) groups excluding carboxylic acids is 1. The monoisotopic (exact) mass is 244 g/mol. The molecular weight excluding hydrogens is 224 g/mol. The summed E-state index contributed by atoms with van der Waals surface area (Å²) in [6.07, 6.45) is 2.04. The molecule has 98 valence electrons. The van der Waals surface area contributed by atoms with Crippen molar-refractivity contribution in [3.8, 4) is 0 Å². The first-order valence-corrected chi connectivity index (χ1v) is 5.50. The van der Waals surface area contributed by atoms with Gasteiger partial charge in [0.1, 0.15) is 0 Å². The summed E-state index contributed by atoms with van der Waals surface area (Å²) in [6, 6.07) is 0. The van der Waals surface area contributed by atoms with Crippen molar-refractivity contribution in [3.05, 3.63) is 11.6 Å². The molecule has 6 heteroatoms. The summed E-state index contributed by atoms with van der Waals surface area (Å²) in [7, 11) is 1.56. The number of methoxy groups -OCH3 is 1. The highest BCUT2D eigenvalue weighted by atomic mass is 16.5. The smallest absolute Gasteiger partial charge is 0.331 e. The minimum Gasteiger partial charge on any atom is -0.478 e. The predicted octanol–water partition coefficient (Wildman–Crippen LogP) is -0.240. The maximum Gasteiger partial charge on any atom is 0.331 e. The van der Waals surface area contributed by atoms with Gasteiger partial charge >= 0.3 is 5.97 Å². The van der Waals surface area contributed by atoms with Crippen LogP contribution in [-0.4, -0.2) is 50.3 Å². The van der Waals surface area contributed by atoms with E-state index in [1.165, 1.54) is 0 Å². The van der Waals surface area contributed by atoms with Crippen molar-refractivity contribution in [2.45, 2.75) is 13.3 Å². The van der Waals surface area contributed by atoms with Crippen molar-refractivity contribution in [1.29, 1.82) is 0 Å². The molecule has 1 amide bonds. The Kier molecular flexibility index (Phi) is 8.99. The number of aliphatic carboxylic acids is 1. The van der Waals surface area contributed by atoms with E-state index in [4.69, 9.17) is 9.84 Å². The van der Waals surface area contributed by atoms with Gasteiger partial charge in [0, 0.05) is 25.8 Å². The Balaban J connectivity index is 3.69. The topological polar surface area (TPSA) is 87.7 Å². The van der Waals surface area contributed by atoms with Crippen LogP contribution in [-0.2, 0) is 14.3 Å². The molecule has 0 saturated carbocycles. The van der Waals surface area contributed by atoms with E-state index in [1.807, 2.05) is 0 Å². The fraction of sp³-hybridized carbons (Fsp3) is 0.636. The van der Waals surface area contributed by atoms with Gasteiger partial charge in [-0.25, -0.2) is 4.79 Å². The molecule has 0 saturated heterocycles. The first-order valence-electron chi connectivity index (χ1n) is 5.50. The largest absolute Gasteiger partial charge is 0.478 e. The number of amides is 1. The standard InChI is InChI=1S/C11H20N2O4/c1-3-9(11(15)16)4-5-12-8-10(14)13-6-7-17-2/h4,12H,3,5-8H2,1-2H3,(H,13,14)(H,15,16). The van der Waals surface area contributed by atoms with Crippen molar-refractivity contribution >= 4 is 11.9 Å². The van der Waals surface area contributed by atoms with Crippen LogP contribution in [0.15, 0.2) is 11.6 Å². The lowest BCUT2D eigenvalue weighted by Gasteiger charge is -2.05. The first-order chi connectivity index (χ1) is 8.11. The van der Waals surface area contributed by atoms with Crippen LogP contribution in [0, 0.1) is 0 Å². The number of rotatable bonds is 9. The Labute approximate surface area is 101 Å². The van der Waals surface area contributed by atoms with Gasteiger partial charge < -0.3 is 20.5 Å². The summed E-state index contributed by atoms with van der Waals surface area (Å²) >= 11 is 0. The van der Waals surface area contributed by atoms with Gasteiger partial charge in [-0.05, 0) is 6.42 Å². The molecule has 0 bridgehead atoms. The minimum atomic E-state index is -0.918. The molecule has 0 aliphatic carbocycles. The highest BCUT2D eigenvalue weighted by molar-refractivity contribution is 5.86. The third-order valence-electron chi connectivity index (χ3n) is 2.06. The molecule has 0 aromatic rings. The van der Waals surface area contributed by atoms with Gasteiger partial charge in [-0.2, -0.15) is 0 Å². The highest BCUT2D eigenvalue weighted by Crippen LogP contribution is 1.98. The van der Waals surface area contributed by atoms with Gasteiger partial charge in [0.15, 0.2) is 0 Å². The van der Waals surface area contributed by atoms with Gasteiger partial charge in [-0.1, -0.05) is 13.0 Å². The number of carbonyl (C=O) groups is 2. The predicted molar refractivity (Wildman–Crippen MR) is 63.8 cm³/mol. The van der Waals surface area contributed by atoms with E-state index >= 15 is 0 Å². The van der Waals surface area contributed by atoms with Crippen LogP contribution < -0.4 is 10.6 Å². The van der Waals surface area contributed by atoms with Crippen LogP contribution in [0.1, 0.15) is 13.3 Å². The van der Waals surface area contributed by atoms with Crippen LogP contribution in [0.25, 0.3) is 0 Å². The van der Waals surface area contributed by atoms with Crippen LogP contribution in [0.5, 0.6) is 0 Å². The molecule has 0 spiro atoms. The van der Waals surface area contributed by atoms with Crippen LogP contribution in [0.3, 0.4) is 0 Å². The Hall–Kier alpha value is -1.40. The molecule has 0 aromatic heterocycles. The lowest BCUT2D eigenvalue weighted by molar-refractivity contribution is -0.132. The molecule has 0 fully saturated rings. The summed E-state index contributed by atoms with van der Waals surface area (Å²) < 4.78 is 4.78. The van der Waals surface area contributed by atoms with Gasteiger partial charge in [-0.3, -0.25) is 4.79 Å². The summed E-state index contributed by atoms with van der Waals surface area (Å²) in [5.41, 5.74) is 0.345. The second-order valence-electron chi connectivity index (χ2n) is 3.36. The maximum atomic E-state index is 11.2. The normalized spacial score (nSPS) is 11.3. The zero-order chi connectivity index (χ0) is 13.1. The molecule has 0 radical (unpaired) electrons. The fourth-order valence-corrected chi connectivity index (χ4v) is 1.12. The lowest BCUT2D eigenvalue weighted by Crippen LogP contribution is -2.35. The number of ether oxygens (including phenoxy) is 1. The molecule has 0 rings (SSSR count). The van der Waals surface area contributed by atoms with Crippen LogP contribution in [0.4, 0.5) is 0 Å². The second kappa shape index (κ2) is 9.80. The second-order valence-corrected chi connectivity index (χ2v) is 3.36. The highest BCUT2D eigenvalue weighted by Gasteiger charge is 2.03. The molecule has 0 aliphatic rings. The number of hydrogen-bond donors (Lipinski definition) is 3. The number of carboxylic acids is 1. The Bertz CT molecular complexity index is 277. The van der Waals surface area contributed by atoms with Crippen LogP contribution in [0.2, 0.25) is 0 Å². The van der Waals surface area contributed by atoms with E-state index < -0.39 is 5.97 Å². The summed E-state index contributed by atoms with van der Waals surface area (Å²) in [6.45, 7) is 3.26. The summed E-state index contributed by atoms with van der Waals surface area (Å²) in [5, 5.41) is 14.2. The number of hydrogen-bond acceptors (Lipinski definition) is 4. The third kappa shape index (κ3) is 8.41. The van der Waals surface area contributed by atoms with Gasteiger partial charge in [-0.15, -0.1) is 0 Å². The summed E-state index contributed by atoms with van der Waals surface area (Å²) in [5.74, 6) is -1.05. The average molecular weight is 244 g/mol. The van der Waals surface area contributed by atoms with E-state index in [0.29, 0.717) is 31.7 Å². The molecule has 0 aliphatic heterocycles. The Morgan fingerprint density at radius 2 is 2.12 bits per heavy atom. The minimum absolute atomic E-state index is 0.135. The molecule has 0 atom stereocenters. The van der Waals surface area contributed by atoms with E-state index in [9.17, 15) is 9.59 Å². The maximum absolute atomic E-state index is 11.2. The van der Waals surface area contributed by atoms with E-state index in [0.717, 1.165) is 0 Å². The first kappa shape index (κ1) is 15.6. The average Bonchev–Trinajstić information content (AvgIpc) is 2.29. The molecule has 0 aromatic carbocycles. The number of nitrogens with one attached hydrogen (secondary N) is 2. The Morgan fingerprint density at radius 3 is 2.65 bits per heavy atom. The molecular formula is C11H20N2O4. The number of carboxylic acid groups (broad SMARTS) is 1. The Morgan fingerprint density at radius 1 is 1.41 bits per heavy atom. The van der Waals surface area contributed by atoms with E-state index in [1.54, 1.807) is 20.1 Å². The van der Waals surface area contributed by atoms with Crippen molar-refractivity contribution in [1.82, 2.24) is 10.6 Å². The van der Waals surface area contributed by atoms with Crippen molar-refractivity contribution in [2.24, 2.45) is 0 Å². The van der Waals surface area contributed by atoms with Crippen molar-refractivity contribution in [3.63, 3.8) is 0 Å². The van der Waals surface area contributed by atoms with Gasteiger partial charge in [0.05, 0.1) is 13.2 Å². The zero-order valence-electron chi connectivity index (χ0n) is 10.3. The van der Waals surface area contributed by atoms with Crippen LogP contribution >= 0.6 is 0 Å². The van der Waals surface area contributed by atoms with E-state index in [2.05, 4.69) is 10.6 Å². The lowest BCUT2D eigenvalue weighted by atomic mass is 10.2. The molecule has 0 unspecified atom stereocenters. The molecule has 6 nitrogen and oxygen atoms in total. The van der Waals surface area contributed by atoms with Crippen molar-refractivity contribution < 1.29 is 19.4 Å².